The smallest absolute Gasteiger partial charge is 0.191 e. The number of halogens is 2. The maximum Gasteiger partial charge on any atom is 0.191 e. The molecule has 0 bridgehead atoms. The van der Waals surface area contributed by atoms with Crippen LogP contribution in [0.2, 0.25) is 0 Å². The van der Waals surface area contributed by atoms with Crippen LogP contribution in [0, 0.1) is 23.1 Å². The summed E-state index contributed by atoms with van der Waals surface area (Å²) in [5.74, 6) is 1.09. The molecule has 1 aliphatic rings. The van der Waals surface area contributed by atoms with E-state index in [1.54, 1.807) is 13.1 Å². The van der Waals surface area contributed by atoms with E-state index in [0.29, 0.717) is 23.6 Å². The third-order valence-electron chi connectivity index (χ3n) is 3.10. The molecule has 1 aliphatic carbocycles. The van der Waals surface area contributed by atoms with E-state index in [1.165, 1.54) is 25.0 Å². The van der Waals surface area contributed by atoms with Crippen molar-refractivity contribution in [2.45, 2.75) is 19.4 Å². The maximum absolute atomic E-state index is 13.6. The predicted molar refractivity (Wildman–Crippen MR) is 87.5 cm³/mol. The Balaban J connectivity index is 0.00000200. The number of hydrogen-bond acceptors (Lipinski definition) is 2. The van der Waals surface area contributed by atoms with Crippen molar-refractivity contribution in [3.05, 3.63) is 35.1 Å². The summed E-state index contributed by atoms with van der Waals surface area (Å²) < 4.78 is 13.6. The first kappa shape index (κ1) is 16.7. The quantitative estimate of drug-likeness (QED) is 0.473. The largest absolute Gasteiger partial charge is 0.356 e. The number of aliphatic imine (C=N–C) groups is 1. The molecule has 0 heterocycles. The van der Waals surface area contributed by atoms with Crippen LogP contribution in [-0.2, 0) is 6.54 Å². The molecule has 1 fully saturated rings. The molecule has 6 heteroatoms. The lowest BCUT2D eigenvalue weighted by molar-refractivity contribution is 0.604. The van der Waals surface area contributed by atoms with Gasteiger partial charge in [-0.3, -0.25) is 4.99 Å². The molecule has 0 atom stereocenters. The summed E-state index contributed by atoms with van der Waals surface area (Å²) in [6.07, 6.45) is 2.53. The zero-order valence-electron chi connectivity index (χ0n) is 11.3. The first-order valence-corrected chi connectivity index (χ1v) is 6.36. The van der Waals surface area contributed by atoms with E-state index in [-0.39, 0.29) is 29.8 Å². The summed E-state index contributed by atoms with van der Waals surface area (Å²) >= 11 is 0. The summed E-state index contributed by atoms with van der Waals surface area (Å²) in [6, 6.07) is 6.34. The van der Waals surface area contributed by atoms with Gasteiger partial charge in [0.15, 0.2) is 5.96 Å². The van der Waals surface area contributed by atoms with Gasteiger partial charge in [0.05, 0.1) is 11.6 Å². The maximum atomic E-state index is 13.6. The number of nitriles is 1. The molecule has 108 valence electrons. The summed E-state index contributed by atoms with van der Waals surface area (Å²) in [7, 11) is 1.68. The van der Waals surface area contributed by atoms with E-state index in [0.717, 1.165) is 12.5 Å². The van der Waals surface area contributed by atoms with Gasteiger partial charge in [-0.1, -0.05) is 0 Å². The third-order valence-corrected chi connectivity index (χ3v) is 3.10. The molecule has 2 N–H and O–H groups in total. The molecule has 2 rings (SSSR count). The molecule has 0 amide bonds. The highest BCUT2D eigenvalue weighted by Crippen LogP contribution is 2.27. The normalized spacial score (nSPS) is 14.2. The third kappa shape index (κ3) is 4.96. The van der Waals surface area contributed by atoms with Crippen LogP contribution in [0.5, 0.6) is 0 Å². The Morgan fingerprint density at radius 1 is 1.45 bits per heavy atom. The van der Waals surface area contributed by atoms with E-state index < -0.39 is 0 Å². The molecule has 0 aromatic heterocycles. The van der Waals surface area contributed by atoms with Crippen LogP contribution in [-0.4, -0.2) is 19.6 Å². The molecule has 4 nitrogen and oxygen atoms in total. The Labute approximate surface area is 135 Å². The molecule has 1 aromatic rings. The van der Waals surface area contributed by atoms with Crippen LogP contribution in [0.3, 0.4) is 0 Å². The van der Waals surface area contributed by atoms with Crippen molar-refractivity contribution in [3.63, 3.8) is 0 Å². The molecule has 1 aromatic carbocycles. The van der Waals surface area contributed by atoms with E-state index in [2.05, 4.69) is 15.6 Å². The number of guanidine groups is 1. The van der Waals surface area contributed by atoms with Gasteiger partial charge in [0.2, 0.25) is 0 Å². The molecule has 0 unspecified atom stereocenters. The fourth-order valence-corrected chi connectivity index (χ4v) is 1.74. The van der Waals surface area contributed by atoms with Crippen LogP contribution in [0.4, 0.5) is 4.39 Å². The van der Waals surface area contributed by atoms with Gasteiger partial charge in [-0.15, -0.1) is 24.0 Å². The highest BCUT2D eigenvalue weighted by molar-refractivity contribution is 14.0. The van der Waals surface area contributed by atoms with Gasteiger partial charge in [-0.05, 0) is 37.0 Å². The van der Waals surface area contributed by atoms with Crippen molar-refractivity contribution in [1.29, 1.82) is 5.26 Å². The summed E-state index contributed by atoms with van der Waals surface area (Å²) in [5.41, 5.74) is 0.924. The van der Waals surface area contributed by atoms with Gasteiger partial charge < -0.3 is 10.6 Å². The second-order valence-electron chi connectivity index (χ2n) is 4.67. The molecule has 0 spiro atoms. The summed E-state index contributed by atoms with van der Waals surface area (Å²) in [4.78, 5) is 4.08. The van der Waals surface area contributed by atoms with Gasteiger partial charge in [0.1, 0.15) is 5.82 Å². The number of rotatable bonds is 4. The second-order valence-corrected chi connectivity index (χ2v) is 4.67. The van der Waals surface area contributed by atoms with Crippen molar-refractivity contribution in [2.24, 2.45) is 10.9 Å². The Hall–Kier alpha value is -1.36. The van der Waals surface area contributed by atoms with Gasteiger partial charge in [0.25, 0.3) is 0 Å². The van der Waals surface area contributed by atoms with Crippen LogP contribution in [0.15, 0.2) is 23.2 Å². The van der Waals surface area contributed by atoms with E-state index in [9.17, 15) is 4.39 Å². The molecular weight excluding hydrogens is 370 g/mol. The fraction of sp³-hybridized carbons (Fsp3) is 0.429. The Morgan fingerprint density at radius 3 is 2.80 bits per heavy atom. The van der Waals surface area contributed by atoms with Crippen LogP contribution in [0.1, 0.15) is 24.0 Å². The first-order valence-electron chi connectivity index (χ1n) is 6.36. The first-order chi connectivity index (χ1) is 9.22. The van der Waals surface area contributed by atoms with Gasteiger partial charge in [-0.2, -0.15) is 5.26 Å². The topological polar surface area (TPSA) is 60.2 Å². The highest BCUT2D eigenvalue weighted by Gasteiger charge is 2.21. The second kappa shape index (κ2) is 8.04. The number of nitrogens with one attached hydrogen (secondary N) is 2. The molecule has 0 saturated heterocycles. The molecule has 0 aliphatic heterocycles. The average Bonchev–Trinajstić information content (AvgIpc) is 3.25. The van der Waals surface area contributed by atoms with Crippen LogP contribution in [0.25, 0.3) is 0 Å². The van der Waals surface area contributed by atoms with Crippen molar-refractivity contribution in [1.82, 2.24) is 10.6 Å². The summed E-state index contributed by atoms with van der Waals surface area (Å²) in [5, 5.41) is 15.1. The summed E-state index contributed by atoms with van der Waals surface area (Å²) in [6.45, 7) is 1.21. The van der Waals surface area contributed by atoms with Crippen LogP contribution < -0.4 is 10.6 Å². The van der Waals surface area contributed by atoms with E-state index in [1.807, 2.05) is 6.07 Å². The van der Waals surface area contributed by atoms with Gasteiger partial charge >= 0.3 is 0 Å². The minimum Gasteiger partial charge on any atom is -0.356 e. The minimum atomic E-state index is -0.316. The standard InChI is InChI=1S/C14H17FN4.HI/c1-17-14(18-8-10-2-3-10)19-9-12-6-11(7-16)4-5-13(12)15;/h4-6,10H,2-3,8-9H2,1H3,(H2,17,18,19);1H. The molecule has 20 heavy (non-hydrogen) atoms. The van der Waals surface area contributed by atoms with E-state index in [4.69, 9.17) is 5.26 Å². The van der Waals surface area contributed by atoms with Crippen molar-refractivity contribution >= 4 is 29.9 Å². The Bertz CT molecular complexity index is 520. The van der Waals surface area contributed by atoms with Crippen LogP contribution >= 0.6 is 24.0 Å². The lowest BCUT2D eigenvalue weighted by Gasteiger charge is -2.12. The number of hydrogen-bond donors (Lipinski definition) is 2. The van der Waals surface area contributed by atoms with Gasteiger partial charge in [-0.25, -0.2) is 4.39 Å². The Morgan fingerprint density at radius 2 is 2.20 bits per heavy atom. The van der Waals surface area contributed by atoms with E-state index >= 15 is 0 Å². The Kier molecular flexibility index (Phi) is 6.71. The zero-order valence-corrected chi connectivity index (χ0v) is 13.6. The predicted octanol–water partition coefficient (Wildman–Crippen LogP) is 2.39. The van der Waals surface area contributed by atoms with Crippen molar-refractivity contribution in [2.75, 3.05) is 13.6 Å². The zero-order chi connectivity index (χ0) is 13.7. The lowest BCUT2D eigenvalue weighted by atomic mass is 10.1. The SMILES string of the molecule is CN=C(NCc1cc(C#N)ccc1F)NCC1CC1.I. The van der Waals surface area contributed by atoms with Gasteiger partial charge in [0, 0.05) is 25.7 Å². The monoisotopic (exact) mass is 388 g/mol. The molecule has 1 saturated carbocycles. The lowest BCUT2D eigenvalue weighted by Crippen LogP contribution is -2.38. The average molecular weight is 388 g/mol. The molecule has 0 radical (unpaired) electrons. The van der Waals surface area contributed by atoms with Crippen molar-refractivity contribution in [3.8, 4) is 6.07 Å². The fourth-order valence-electron chi connectivity index (χ4n) is 1.74. The number of benzene rings is 1. The van der Waals surface area contributed by atoms with Crippen molar-refractivity contribution < 1.29 is 4.39 Å². The number of nitrogens with zero attached hydrogens (tertiary/aromatic N) is 2. The minimum absolute atomic E-state index is 0. The molecular formula is C14H18FIN4. The highest BCUT2D eigenvalue weighted by atomic mass is 127.